The highest BCUT2D eigenvalue weighted by molar-refractivity contribution is 6.05. The van der Waals surface area contributed by atoms with Crippen molar-refractivity contribution in [1.82, 2.24) is 9.78 Å². The van der Waals surface area contributed by atoms with Crippen LogP contribution in [0.5, 0.6) is 0 Å². The number of ketones is 1. The van der Waals surface area contributed by atoms with Crippen molar-refractivity contribution in [3.05, 3.63) is 47.3 Å². The number of carbonyl (C=O) groups excluding carboxylic acids is 3. The lowest BCUT2D eigenvalue weighted by Gasteiger charge is -2.14. The number of amides is 1. The van der Waals surface area contributed by atoms with Gasteiger partial charge in [0.25, 0.3) is 5.91 Å². The fourth-order valence-corrected chi connectivity index (χ4v) is 2.11. The Morgan fingerprint density at radius 3 is 2.46 bits per heavy atom. The molecule has 2 aromatic rings. The lowest BCUT2D eigenvalue weighted by Crippen LogP contribution is -2.30. The largest absolute Gasteiger partial charge is 0.449 e. The standard InChI is InChI=1S/C17H19N3O4/c1-10-14(9-18-20(10)4)17(23)24-12(3)16(22)19-15-8-6-5-7-13(15)11(2)21/h5-9,12H,1-4H3,(H,19,22). The number of aromatic nitrogens is 2. The lowest BCUT2D eigenvalue weighted by molar-refractivity contribution is -0.123. The summed E-state index contributed by atoms with van der Waals surface area (Å²) in [5, 5.41) is 6.58. The molecule has 126 valence electrons. The number of hydrogen-bond donors (Lipinski definition) is 1. The maximum absolute atomic E-state index is 12.2. The molecule has 1 unspecified atom stereocenters. The first-order valence-corrected chi connectivity index (χ1v) is 7.41. The smallest absolute Gasteiger partial charge is 0.342 e. The average molecular weight is 329 g/mol. The Balaban J connectivity index is 2.07. The molecule has 0 aliphatic carbocycles. The van der Waals surface area contributed by atoms with Crippen molar-refractivity contribution in [2.75, 3.05) is 5.32 Å². The van der Waals surface area contributed by atoms with E-state index in [0.29, 0.717) is 22.5 Å². The van der Waals surface area contributed by atoms with Crippen molar-refractivity contribution < 1.29 is 19.1 Å². The maximum atomic E-state index is 12.2. The highest BCUT2D eigenvalue weighted by Gasteiger charge is 2.22. The molecule has 1 aromatic carbocycles. The van der Waals surface area contributed by atoms with Crippen molar-refractivity contribution in [3.8, 4) is 0 Å². The SMILES string of the molecule is CC(=O)c1ccccc1NC(=O)C(C)OC(=O)c1cnn(C)c1C. The second-order valence-corrected chi connectivity index (χ2v) is 5.41. The summed E-state index contributed by atoms with van der Waals surface area (Å²) in [7, 11) is 1.71. The van der Waals surface area contributed by atoms with Crippen LogP contribution >= 0.6 is 0 Å². The van der Waals surface area contributed by atoms with Crippen LogP contribution < -0.4 is 5.32 Å². The van der Waals surface area contributed by atoms with Crippen molar-refractivity contribution in [2.45, 2.75) is 26.9 Å². The van der Waals surface area contributed by atoms with Crippen LogP contribution in [0, 0.1) is 6.92 Å². The summed E-state index contributed by atoms with van der Waals surface area (Å²) in [5.74, 6) is -1.30. The Hall–Kier alpha value is -2.96. The molecule has 0 spiro atoms. The predicted molar refractivity (Wildman–Crippen MR) is 87.9 cm³/mol. The van der Waals surface area contributed by atoms with Gasteiger partial charge in [0, 0.05) is 18.3 Å². The normalized spacial score (nSPS) is 11.7. The molecular weight excluding hydrogens is 310 g/mol. The van der Waals surface area contributed by atoms with Gasteiger partial charge in [-0.1, -0.05) is 12.1 Å². The molecule has 0 aliphatic rings. The van der Waals surface area contributed by atoms with Gasteiger partial charge in [0.1, 0.15) is 5.56 Å². The van der Waals surface area contributed by atoms with Gasteiger partial charge in [-0.3, -0.25) is 14.3 Å². The molecular formula is C17H19N3O4. The number of nitrogens with zero attached hydrogens (tertiary/aromatic N) is 2. The van der Waals surface area contributed by atoms with Gasteiger partial charge in [-0.25, -0.2) is 4.79 Å². The zero-order valence-corrected chi connectivity index (χ0v) is 14.0. The molecule has 2 rings (SSSR count). The number of rotatable bonds is 5. The zero-order chi connectivity index (χ0) is 17.9. The summed E-state index contributed by atoms with van der Waals surface area (Å²) in [6.45, 7) is 4.62. The Morgan fingerprint density at radius 2 is 1.88 bits per heavy atom. The molecule has 0 bridgehead atoms. The minimum Gasteiger partial charge on any atom is -0.449 e. The van der Waals surface area contributed by atoms with Crippen LogP contribution in [-0.4, -0.2) is 33.5 Å². The van der Waals surface area contributed by atoms with Gasteiger partial charge in [0.15, 0.2) is 11.9 Å². The van der Waals surface area contributed by atoms with Crippen LogP contribution in [0.15, 0.2) is 30.5 Å². The van der Waals surface area contributed by atoms with E-state index in [2.05, 4.69) is 10.4 Å². The van der Waals surface area contributed by atoms with E-state index in [1.165, 1.54) is 20.0 Å². The number of anilines is 1. The van der Waals surface area contributed by atoms with Crippen molar-refractivity contribution >= 4 is 23.3 Å². The molecule has 0 saturated heterocycles. The topological polar surface area (TPSA) is 90.3 Å². The summed E-state index contributed by atoms with van der Waals surface area (Å²) in [6.07, 6.45) is 0.380. The Labute approximate surface area is 139 Å². The van der Waals surface area contributed by atoms with E-state index in [-0.39, 0.29) is 5.78 Å². The fourth-order valence-electron chi connectivity index (χ4n) is 2.11. The summed E-state index contributed by atoms with van der Waals surface area (Å²) < 4.78 is 6.72. The van der Waals surface area contributed by atoms with Gasteiger partial charge in [-0.05, 0) is 32.9 Å². The monoisotopic (exact) mass is 329 g/mol. The van der Waals surface area contributed by atoms with Gasteiger partial charge < -0.3 is 10.1 Å². The highest BCUT2D eigenvalue weighted by Crippen LogP contribution is 2.16. The van der Waals surface area contributed by atoms with Gasteiger partial charge in [0.05, 0.1) is 11.9 Å². The summed E-state index contributed by atoms with van der Waals surface area (Å²) in [4.78, 5) is 35.9. The first kappa shape index (κ1) is 17.4. The predicted octanol–water partition coefficient (Wildman–Crippen LogP) is 2.12. The number of esters is 1. The molecule has 1 N–H and O–H groups in total. The molecule has 1 amide bonds. The summed E-state index contributed by atoms with van der Waals surface area (Å²) in [6, 6.07) is 6.65. The van der Waals surface area contributed by atoms with E-state index < -0.39 is 18.0 Å². The van der Waals surface area contributed by atoms with E-state index in [0.717, 1.165) is 0 Å². The van der Waals surface area contributed by atoms with Gasteiger partial charge in [-0.15, -0.1) is 0 Å². The molecule has 0 fully saturated rings. The van der Waals surface area contributed by atoms with Crippen LogP contribution in [0.1, 0.15) is 40.3 Å². The fraction of sp³-hybridized carbons (Fsp3) is 0.294. The first-order chi connectivity index (χ1) is 11.3. The second-order valence-electron chi connectivity index (χ2n) is 5.41. The molecule has 7 nitrogen and oxygen atoms in total. The first-order valence-electron chi connectivity index (χ1n) is 7.41. The maximum Gasteiger partial charge on any atom is 0.342 e. The van der Waals surface area contributed by atoms with Crippen molar-refractivity contribution in [3.63, 3.8) is 0 Å². The molecule has 0 saturated carbocycles. The number of aryl methyl sites for hydroxylation is 1. The van der Waals surface area contributed by atoms with E-state index in [4.69, 9.17) is 4.74 Å². The van der Waals surface area contributed by atoms with Crippen LogP contribution in [0.3, 0.4) is 0 Å². The minimum absolute atomic E-state index is 0.165. The van der Waals surface area contributed by atoms with Crippen molar-refractivity contribution in [1.29, 1.82) is 0 Å². The van der Waals surface area contributed by atoms with Crippen LogP contribution in [0.4, 0.5) is 5.69 Å². The number of ether oxygens (including phenoxy) is 1. The summed E-state index contributed by atoms with van der Waals surface area (Å²) in [5.41, 5.74) is 1.73. The average Bonchev–Trinajstić information content (AvgIpc) is 2.87. The second kappa shape index (κ2) is 7.08. The molecule has 24 heavy (non-hydrogen) atoms. The Bertz CT molecular complexity index is 795. The number of nitrogens with one attached hydrogen (secondary N) is 1. The lowest BCUT2D eigenvalue weighted by atomic mass is 10.1. The Morgan fingerprint density at radius 1 is 1.21 bits per heavy atom. The third-order valence-corrected chi connectivity index (χ3v) is 3.67. The van der Waals surface area contributed by atoms with Gasteiger partial charge >= 0.3 is 5.97 Å². The third kappa shape index (κ3) is 3.68. The van der Waals surface area contributed by atoms with E-state index in [9.17, 15) is 14.4 Å². The molecule has 1 atom stereocenters. The Kier molecular flexibility index (Phi) is 5.13. The number of para-hydroxylation sites is 1. The van der Waals surface area contributed by atoms with E-state index in [1.807, 2.05) is 0 Å². The number of benzene rings is 1. The number of Topliss-reactive ketones (excluding diaryl/α,β-unsaturated/α-hetero) is 1. The minimum atomic E-state index is -1.02. The van der Waals surface area contributed by atoms with Crippen LogP contribution in [-0.2, 0) is 16.6 Å². The van der Waals surface area contributed by atoms with Crippen LogP contribution in [0.2, 0.25) is 0 Å². The van der Waals surface area contributed by atoms with Gasteiger partial charge in [0.2, 0.25) is 0 Å². The molecule has 7 heteroatoms. The van der Waals surface area contributed by atoms with E-state index >= 15 is 0 Å². The van der Waals surface area contributed by atoms with E-state index in [1.54, 1.807) is 42.9 Å². The van der Waals surface area contributed by atoms with Crippen molar-refractivity contribution in [2.24, 2.45) is 7.05 Å². The molecule has 1 heterocycles. The number of hydrogen-bond acceptors (Lipinski definition) is 5. The quantitative estimate of drug-likeness (QED) is 0.670. The molecule has 0 aliphatic heterocycles. The molecule has 1 aromatic heterocycles. The van der Waals surface area contributed by atoms with Crippen LogP contribution in [0.25, 0.3) is 0 Å². The molecule has 0 radical (unpaired) electrons. The zero-order valence-electron chi connectivity index (χ0n) is 14.0. The summed E-state index contributed by atoms with van der Waals surface area (Å²) >= 11 is 0. The third-order valence-electron chi connectivity index (χ3n) is 3.67. The van der Waals surface area contributed by atoms with Gasteiger partial charge in [-0.2, -0.15) is 5.10 Å². The number of carbonyl (C=O) groups is 3. The highest BCUT2D eigenvalue weighted by atomic mass is 16.5.